The van der Waals surface area contributed by atoms with Gasteiger partial charge >= 0.3 is 6.18 Å². The van der Waals surface area contributed by atoms with Gasteiger partial charge in [0, 0.05) is 17.1 Å². The number of alkyl halides is 3. The van der Waals surface area contributed by atoms with E-state index in [9.17, 15) is 18.0 Å². The summed E-state index contributed by atoms with van der Waals surface area (Å²) >= 11 is 2.24. The van der Waals surface area contributed by atoms with Crippen molar-refractivity contribution in [2.24, 2.45) is 0 Å². The predicted molar refractivity (Wildman–Crippen MR) is 94.5 cm³/mol. The Labute approximate surface area is 157 Å². The van der Waals surface area contributed by atoms with Gasteiger partial charge in [-0.1, -0.05) is 11.8 Å². The number of furan rings is 1. The number of nitrogens with zero attached hydrogens (tertiary/aromatic N) is 3. The maximum Gasteiger partial charge on any atom is 0.433 e. The lowest BCUT2D eigenvalue weighted by molar-refractivity contribution is -0.141. The molecule has 0 unspecified atom stereocenters. The zero-order chi connectivity index (χ0) is 19.0. The van der Waals surface area contributed by atoms with Crippen LogP contribution in [-0.4, -0.2) is 19.9 Å². The van der Waals surface area contributed by atoms with Gasteiger partial charge in [0.25, 0.3) is 5.56 Å². The standard InChI is InChI=1S/C16H9F3N4O2S2/c17-16(18,19)10-3-4-20-15(21-10)27-7-11-22-13(24)12-8(6-26-14(12)23-11)9-2-1-5-25-9/h1-6H,7H2,(H,22,23,24). The van der Waals surface area contributed by atoms with Crippen molar-refractivity contribution < 1.29 is 17.6 Å². The minimum absolute atomic E-state index is 0.0463. The molecule has 1 N–H and O–H groups in total. The molecule has 0 aliphatic rings. The van der Waals surface area contributed by atoms with Crippen molar-refractivity contribution >= 4 is 33.3 Å². The van der Waals surface area contributed by atoms with E-state index >= 15 is 0 Å². The molecule has 0 saturated heterocycles. The molecule has 4 rings (SSSR count). The van der Waals surface area contributed by atoms with Gasteiger partial charge in [-0.15, -0.1) is 11.3 Å². The normalized spacial score (nSPS) is 12.0. The minimum Gasteiger partial charge on any atom is -0.464 e. The number of aromatic nitrogens is 4. The number of thioether (sulfide) groups is 1. The van der Waals surface area contributed by atoms with Gasteiger partial charge in [0.2, 0.25) is 0 Å². The van der Waals surface area contributed by atoms with Gasteiger partial charge < -0.3 is 9.40 Å². The first-order valence-corrected chi connectivity index (χ1v) is 9.35. The number of H-pyrrole nitrogens is 1. The summed E-state index contributed by atoms with van der Waals surface area (Å²) in [7, 11) is 0. The molecule has 0 bridgehead atoms. The van der Waals surface area contributed by atoms with Crippen LogP contribution in [0, 0.1) is 0 Å². The van der Waals surface area contributed by atoms with Gasteiger partial charge in [-0.2, -0.15) is 13.2 Å². The van der Waals surface area contributed by atoms with Crippen LogP contribution in [0.15, 0.2) is 50.4 Å². The highest BCUT2D eigenvalue weighted by atomic mass is 32.2. The van der Waals surface area contributed by atoms with Crippen molar-refractivity contribution in [2.75, 3.05) is 0 Å². The van der Waals surface area contributed by atoms with Gasteiger partial charge in [-0.3, -0.25) is 4.79 Å². The highest BCUT2D eigenvalue weighted by molar-refractivity contribution is 7.98. The van der Waals surface area contributed by atoms with Crippen molar-refractivity contribution in [1.29, 1.82) is 0 Å². The van der Waals surface area contributed by atoms with Crippen molar-refractivity contribution in [3.63, 3.8) is 0 Å². The summed E-state index contributed by atoms with van der Waals surface area (Å²) in [5.74, 6) is 1.01. The Morgan fingerprint density at radius 2 is 2.11 bits per heavy atom. The lowest BCUT2D eigenvalue weighted by Crippen LogP contribution is -2.11. The van der Waals surface area contributed by atoms with Gasteiger partial charge in [0.15, 0.2) is 5.16 Å². The van der Waals surface area contributed by atoms with Gasteiger partial charge in [-0.25, -0.2) is 15.0 Å². The largest absolute Gasteiger partial charge is 0.464 e. The third-order valence-corrected chi connectivity index (χ3v) is 5.29. The molecule has 0 radical (unpaired) electrons. The predicted octanol–water partition coefficient (Wildman–Crippen LogP) is 4.35. The Kier molecular flexibility index (Phi) is 4.48. The molecule has 0 amide bonds. The molecule has 4 heterocycles. The summed E-state index contributed by atoms with van der Waals surface area (Å²) in [6.07, 6.45) is -1.98. The molecular weight excluding hydrogens is 401 g/mol. The van der Waals surface area contributed by atoms with Crippen LogP contribution in [0.3, 0.4) is 0 Å². The molecule has 27 heavy (non-hydrogen) atoms. The van der Waals surface area contributed by atoms with Crippen LogP contribution in [0.1, 0.15) is 11.5 Å². The first-order valence-electron chi connectivity index (χ1n) is 7.49. The quantitative estimate of drug-likeness (QED) is 0.398. The van der Waals surface area contributed by atoms with Gasteiger partial charge in [0.05, 0.1) is 17.4 Å². The molecular formula is C16H9F3N4O2S2. The van der Waals surface area contributed by atoms with Crippen molar-refractivity contribution in [3.05, 3.63) is 57.9 Å². The van der Waals surface area contributed by atoms with E-state index in [4.69, 9.17) is 4.42 Å². The van der Waals surface area contributed by atoms with Gasteiger partial charge in [0.1, 0.15) is 22.1 Å². The summed E-state index contributed by atoms with van der Waals surface area (Å²) < 4.78 is 43.5. The highest BCUT2D eigenvalue weighted by Gasteiger charge is 2.32. The number of nitrogens with one attached hydrogen (secondary N) is 1. The van der Waals surface area contributed by atoms with Crippen LogP contribution in [0.2, 0.25) is 0 Å². The van der Waals surface area contributed by atoms with Crippen LogP contribution in [0.5, 0.6) is 0 Å². The van der Waals surface area contributed by atoms with E-state index in [2.05, 4.69) is 19.9 Å². The molecule has 6 nitrogen and oxygen atoms in total. The molecule has 0 aliphatic carbocycles. The maximum absolute atomic E-state index is 12.7. The lowest BCUT2D eigenvalue weighted by Gasteiger charge is -2.06. The smallest absolute Gasteiger partial charge is 0.433 e. The molecule has 138 valence electrons. The first-order chi connectivity index (χ1) is 12.9. The van der Waals surface area contributed by atoms with E-state index in [1.165, 1.54) is 17.6 Å². The van der Waals surface area contributed by atoms with Crippen LogP contribution >= 0.6 is 23.1 Å². The Balaban J connectivity index is 1.60. The second kappa shape index (κ2) is 6.82. The van der Waals surface area contributed by atoms with Crippen molar-refractivity contribution in [1.82, 2.24) is 19.9 Å². The van der Waals surface area contributed by atoms with E-state index in [1.54, 1.807) is 17.5 Å². The Bertz CT molecular complexity index is 1150. The van der Waals surface area contributed by atoms with Crippen LogP contribution in [0.25, 0.3) is 21.5 Å². The summed E-state index contributed by atoms with van der Waals surface area (Å²) in [5.41, 5.74) is -0.708. The Morgan fingerprint density at radius 1 is 1.26 bits per heavy atom. The fourth-order valence-corrected chi connectivity index (χ4v) is 4.02. The molecule has 11 heteroatoms. The SMILES string of the molecule is O=c1[nH]c(CSc2nccc(C(F)(F)F)n2)nc2scc(-c3ccco3)c12. The van der Waals surface area contributed by atoms with E-state index in [0.29, 0.717) is 27.4 Å². The van der Waals surface area contributed by atoms with Crippen LogP contribution in [-0.2, 0) is 11.9 Å². The Hall–Kier alpha value is -2.66. The van der Waals surface area contributed by atoms with E-state index in [-0.39, 0.29) is 16.5 Å². The molecule has 0 fully saturated rings. The third kappa shape index (κ3) is 3.60. The number of fused-ring (bicyclic) bond motifs is 1. The second-order valence-electron chi connectivity index (χ2n) is 5.33. The van der Waals surface area contributed by atoms with E-state index < -0.39 is 11.9 Å². The fraction of sp³-hybridized carbons (Fsp3) is 0.125. The van der Waals surface area contributed by atoms with Crippen molar-refractivity contribution in [2.45, 2.75) is 17.1 Å². The van der Waals surface area contributed by atoms with E-state index in [1.807, 2.05) is 0 Å². The third-order valence-electron chi connectivity index (χ3n) is 3.54. The molecule has 0 spiro atoms. The summed E-state index contributed by atoms with van der Waals surface area (Å²) in [6.45, 7) is 0. The highest BCUT2D eigenvalue weighted by Crippen LogP contribution is 2.32. The average molecular weight is 410 g/mol. The molecule has 4 aromatic heterocycles. The summed E-state index contributed by atoms with van der Waals surface area (Å²) in [5, 5.41) is 2.15. The van der Waals surface area contributed by atoms with Crippen LogP contribution < -0.4 is 5.56 Å². The number of hydrogen-bond acceptors (Lipinski definition) is 7. The molecule has 4 aromatic rings. The second-order valence-corrected chi connectivity index (χ2v) is 7.13. The zero-order valence-corrected chi connectivity index (χ0v) is 14.9. The average Bonchev–Trinajstić information content (AvgIpc) is 3.29. The minimum atomic E-state index is -4.54. The molecule has 0 saturated carbocycles. The number of rotatable bonds is 4. The zero-order valence-electron chi connectivity index (χ0n) is 13.3. The van der Waals surface area contributed by atoms with E-state index in [0.717, 1.165) is 24.0 Å². The maximum atomic E-state index is 12.7. The fourth-order valence-electron chi connectivity index (χ4n) is 2.38. The first kappa shape index (κ1) is 17.7. The summed E-state index contributed by atoms with van der Waals surface area (Å²) in [6, 6.07) is 4.27. The molecule has 0 atom stereocenters. The monoisotopic (exact) mass is 410 g/mol. The number of hydrogen-bond donors (Lipinski definition) is 1. The van der Waals surface area contributed by atoms with Crippen LogP contribution in [0.4, 0.5) is 13.2 Å². The number of thiophene rings is 1. The Morgan fingerprint density at radius 3 is 2.85 bits per heavy atom. The summed E-state index contributed by atoms with van der Waals surface area (Å²) in [4.78, 5) is 27.3. The number of halogens is 3. The molecule has 0 aliphatic heterocycles. The molecule has 0 aromatic carbocycles. The van der Waals surface area contributed by atoms with Crippen molar-refractivity contribution in [3.8, 4) is 11.3 Å². The topological polar surface area (TPSA) is 84.7 Å². The van der Waals surface area contributed by atoms with Gasteiger partial charge in [-0.05, 0) is 18.2 Å². The lowest BCUT2D eigenvalue weighted by atomic mass is 10.2. The number of aromatic amines is 1.